The minimum absolute atomic E-state index is 0.329. The molecule has 4 aromatic rings. The molecule has 0 saturated heterocycles. The van der Waals surface area contributed by atoms with E-state index >= 15 is 0 Å². The second-order valence-corrected chi connectivity index (χ2v) is 8.17. The van der Waals surface area contributed by atoms with Gasteiger partial charge in [-0.05, 0) is 41.3 Å². The summed E-state index contributed by atoms with van der Waals surface area (Å²) in [7, 11) is 0. The van der Waals surface area contributed by atoms with Crippen molar-refractivity contribution in [1.82, 2.24) is 5.32 Å². The third-order valence-corrected chi connectivity index (χ3v) is 5.82. The summed E-state index contributed by atoms with van der Waals surface area (Å²) in [5.74, 6) is 0.954. The predicted octanol–water partition coefficient (Wildman–Crippen LogP) is 7.36. The quantitative estimate of drug-likeness (QED) is 0.312. The minimum atomic E-state index is 0.329. The predicted molar refractivity (Wildman–Crippen MR) is 130 cm³/mol. The topological polar surface area (TPSA) is 21.3 Å². The lowest BCUT2D eigenvalue weighted by molar-refractivity contribution is 0.302. The first-order valence-corrected chi connectivity index (χ1v) is 11.2. The van der Waals surface area contributed by atoms with Crippen LogP contribution in [0.4, 0.5) is 0 Å². The number of ether oxygens (including phenoxy) is 1. The lowest BCUT2D eigenvalue weighted by atomic mass is 10.00. The first-order chi connectivity index (χ1) is 15.2. The maximum Gasteiger partial charge on any atom is 0.124 e. The van der Waals surface area contributed by atoms with Crippen molar-refractivity contribution in [3.8, 4) is 5.75 Å². The summed E-state index contributed by atoms with van der Waals surface area (Å²) in [6, 6.07) is 32.5. The molecular formula is C29H31NO. The van der Waals surface area contributed by atoms with Gasteiger partial charge in [-0.1, -0.05) is 104 Å². The molecule has 1 atom stereocenters. The van der Waals surface area contributed by atoms with Gasteiger partial charge in [0, 0.05) is 18.2 Å². The Kier molecular flexibility index (Phi) is 7.01. The lowest BCUT2D eigenvalue weighted by Gasteiger charge is -2.21. The molecule has 0 spiro atoms. The third kappa shape index (κ3) is 5.34. The smallest absolute Gasteiger partial charge is 0.124 e. The number of hydrogen-bond donors (Lipinski definition) is 1. The molecule has 0 heterocycles. The molecule has 1 N–H and O–H groups in total. The van der Waals surface area contributed by atoms with Crippen molar-refractivity contribution in [3.63, 3.8) is 0 Å². The summed E-state index contributed by atoms with van der Waals surface area (Å²) in [6.45, 7) is 5.69. The van der Waals surface area contributed by atoms with Crippen LogP contribution in [0.15, 0.2) is 91.0 Å². The van der Waals surface area contributed by atoms with Crippen molar-refractivity contribution >= 4 is 10.8 Å². The van der Waals surface area contributed by atoms with Crippen LogP contribution in [0.1, 0.15) is 48.1 Å². The Bertz CT molecular complexity index is 1100. The molecule has 0 amide bonds. The van der Waals surface area contributed by atoms with Gasteiger partial charge in [-0.15, -0.1) is 0 Å². The Morgan fingerprint density at radius 2 is 1.55 bits per heavy atom. The van der Waals surface area contributed by atoms with E-state index in [9.17, 15) is 0 Å². The van der Waals surface area contributed by atoms with E-state index < -0.39 is 0 Å². The number of hydrogen-bond acceptors (Lipinski definition) is 2. The zero-order valence-electron chi connectivity index (χ0n) is 18.5. The zero-order chi connectivity index (χ0) is 21.5. The van der Waals surface area contributed by atoms with Crippen molar-refractivity contribution in [2.45, 2.75) is 45.9 Å². The Balaban J connectivity index is 1.59. The first-order valence-electron chi connectivity index (χ1n) is 11.2. The van der Waals surface area contributed by atoms with Crippen LogP contribution in [0, 0.1) is 6.92 Å². The molecule has 0 aliphatic rings. The van der Waals surface area contributed by atoms with Crippen LogP contribution in [0.25, 0.3) is 10.8 Å². The van der Waals surface area contributed by atoms with Gasteiger partial charge in [0.15, 0.2) is 0 Å². The fourth-order valence-corrected chi connectivity index (χ4v) is 4.06. The minimum Gasteiger partial charge on any atom is -0.489 e. The Hall–Kier alpha value is -3.10. The molecule has 0 aliphatic heterocycles. The van der Waals surface area contributed by atoms with Crippen LogP contribution in [0.2, 0.25) is 0 Å². The van der Waals surface area contributed by atoms with Crippen LogP contribution in [-0.4, -0.2) is 0 Å². The zero-order valence-corrected chi connectivity index (χ0v) is 18.5. The van der Waals surface area contributed by atoms with Crippen molar-refractivity contribution in [3.05, 3.63) is 113 Å². The number of fused-ring (bicyclic) bond motifs is 1. The summed E-state index contributed by atoms with van der Waals surface area (Å²) >= 11 is 0. The molecule has 4 aromatic carbocycles. The van der Waals surface area contributed by atoms with Crippen LogP contribution >= 0.6 is 0 Å². The second kappa shape index (κ2) is 10.3. The molecular weight excluding hydrogens is 378 g/mol. The molecule has 0 aromatic heterocycles. The maximum absolute atomic E-state index is 6.33. The van der Waals surface area contributed by atoms with E-state index in [0.29, 0.717) is 12.6 Å². The summed E-state index contributed by atoms with van der Waals surface area (Å²) in [4.78, 5) is 0. The molecule has 0 aliphatic carbocycles. The Morgan fingerprint density at radius 3 is 2.32 bits per heavy atom. The van der Waals surface area contributed by atoms with E-state index in [-0.39, 0.29) is 0 Å². The van der Waals surface area contributed by atoms with E-state index in [1.54, 1.807) is 0 Å². The van der Waals surface area contributed by atoms with Gasteiger partial charge in [0.05, 0.1) is 0 Å². The van der Waals surface area contributed by atoms with E-state index in [1.165, 1.54) is 33.0 Å². The fraction of sp³-hybridized carbons (Fsp3) is 0.241. The molecule has 0 fully saturated rings. The van der Waals surface area contributed by atoms with Crippen molar-refractivity contribution in [2.75, 3.05) is 0 Å². The monoisotopic (exact) mass is 409 g/mol. The molecule has 0 saturated carbocycles. The van der Waals surface area contributed by atoms with Gasteiger partial charge in [0.1, 0.15) is 12.4 Å². The van der Waals surface area contributed by atoms with Gasteiger partial charge in [-0.3, -0.25) is 0 Å². The van der Waals surface area contributed by atoms with E-state index in [2.05, 4.69) is 110 Å². The summed E-state index contributed by atoms with van der Waals surface area (Å²) in [5.41, 5.74) is 5.02. The Morgan fingerprint density at radius 1 is 0.806 bits per heavy atom. The number of rotatable bonds is 9. The molecule has 2 nitrogen and oxygen atoms in total. The van der Waals surface area contributed by atoms with Gasteiger partial charge >= 0.3 is 0 Å². The largest absolute Gasteiger partial charge is 0.489 e. The average Bonchev–Trinajstić information content (AvgIpc) is 2.82. The van der Waals surface area contributed by atoms with Gasteiger partial charge in [0.25, 0.3) is 0 Å². The van der Waals surface area contributed by atoms with Crippen molar-refractivity contribution in [1.29, 1.82) is 0 Å². The normalized spacial score (nSPS) is 12.1. The molecule has 31 heavy (non-hydrogen) atoms. The van der Waals surface area contributed by atoms with Crippen molar-refractivity contribution < 1.29 is 4.74 Å². The number of benzene rings is 4. The van der Waals surface area contributed by atoms with Crippen LogP contribution in [0.5, 0.6) is 5.75 Å². The van der Waals surface area contributed by atoms with E-state index in [1.807, 2.05) is 0 Å². The van der Waals surface area contributed by atoms with E-state index in [0.717, 1.165) is 25.1 Å². The first kappa shape index (κ1) is 21.1. The summed E-state index contributed by atoms with van der Waals surface area (Å²) in [5, 5.41) is 6.31. The summed E-state index contributed by atoms with van der Waals surface area (Å²) in [6.07, 6.45) is 2.24. The molecule has 1 unspecified atom stereocenters. The highest BCUT2D eigenvalue weighted by Crippen LogP contribution is 2.30. The third-order valence-electron chi connectivity index (χ3n) is 5.82. The molecule has 0 bridgehead atoms. The SMILES string of the molecule is CCCC(NCc1c(OCc2ccc(C)cc2)ccc2ccccc12)c1ccccc1. The molecule has 0 radical (unpaired) electrons. The van der Waals surface area contributed by atoms with Gasteiger partial charge in [-0.2, -0.15) is 0 Å². The lowest BCUT2D eigenvalue weighted by Crippen LogP contribution is -2.21. The standard InChI is InChI=1S/C29H31NO/c1-3-9-28(25-11-5-4-6-12-25)30-20-27-26-13-8-7-10-24(26)18-19-29(27)31-21-23-16-14-22(2)15-17-23/h4-8,10-19,28,30H,3,9,20-21H2,1-2H3. The number of nitrogens with one attached hydrogen (secondary N) is 1. The van der Waals surface area contributed by atoms with Gasteiger partial charge in [-0.25, -0.2) is 0 Å². The molecule has 4 rings (SSSR count). The highest BCUT2D eigenvalue weighted by atomic mass is 16.5. The molecule has 158 valence electrons. The van der Waals surface area contributed by atoms with Crippen LogP contribution in [0.3, 0.4) is 0 Å². The maximum atomic E-state index is 6.33. The second-order valence-electron chi connectivity index (χ2n) is 8.17. The highest BCUT2D eigenvalue weighted by molar-refractivity contribution is 5.87. The average molecular weight is 410 g/mol. The summed E-state index contributed by atoms with van der Waals surface area (Å²) < 4.78 is 6.33. The number of aryl methyl sites for hydroxylation is 1. The fourth-order valence-electron chi connectivity index (χ4n) is 4.06. The highest BCUT2D eigenvalue weighted by Gasteiger charge is 2.14. The van der Waals surface area contributed by atoms with Crippen LogP contribution < -0.4 is 10.1 Å². The van der Waals surface area contributed by atoms with Crippen LogP contribution in [-0.2, 0) is 13.2 Å². The van der Waals surface area contributed by atoms with Crippen molar-refractivity contribution in [2.24, 2.45) is 0 Å². The molecule has 2 heteroatoms. The van der Waals surface area contributed by atoms with Gasteiger partial charge in [0.2, 0.25) is 0 Å². The Labute approximate surface area is 185 Å². The van der Waals surface area contributed by atoms with E-state index in [4.69, 9.17) is 4.74 Å². The van der Waals surface area contributed by atoms with Gasteiger partial charge < -0.3 is 10.1 Å².